The van der Waals surface area contributed by atoms with E-state index in [4.69, 9.17) is 47.5 Å². The monoisotopic (exact) mass is 360 g/mol. The average Bonchev–Trinajstić information content (AvgIpc) is 2.57. The molecule has 2 aliphatic rings. The van der Waals surface area contributed by atoms with Crippen molar-refractivity contribution < 1.29 is 28.8 Å². The normalized spacial score (nSPS) is 37.0. The molecular weight excluding hydrogens is 344 g/mol. The average molecular weight is 361 g/mol. The summed E-state index contributed by atoms with van der Waals surface area (Å²) in [6.45, 7) is 0.263. The van der Waals surface area contributed by atoms with Gasteiger partial charge < -0.3 is 28.8 Å². The Morgan fingerprint density at radius 3 is 2.70 bits per heavy atom. The van der Waals surface area contributed by atoms with E-state index in [1.54, 1.807) is 0 Å². The number of aliphatic hydroxyl groups excluding tert-OH is 1. The first-order chi connectivity index (χ1) is 11.1. The predicted octanol–water partition coefficient (Wildman–Crippen LogP) is 1.74. The summed E-state index contributed by atoms with van der Waals surface area (Å²) in [4.78, 5) is 0. The molecule has 1 N–H and O–H groups in total. The molecule has 2 saturated heterocycles. The highest BCUT2D eigenvalue weighted by Crippen LogP contribution is 2.35. The van der Waals surface area contributed by atoms with Crippen LogP contribution in [0, 0.1) is 0 Å². The van der Waals surface area contributed by atoms with Gasteiger partial charge in [0, 0.05) is 12.7 Å². The lowest BCUT2D eigenvalue weighted by Crippen LogP contribution is -2.62. The molecule has 0 spiro atoms. The summed E-state index contributed by atoms with van der Waals surface area (Å²) in [5, 5.41) is 10.6. The SMILES string of the molecule is CO[C@H]1O[C@@H]2CO[C@@H](c3ccccc3)O[C@H]2[C@H](O)[C@H]1OC(=S)Cl. The van der Waals surface area contributed by atoms with Crippen molar-refractivity contribution in [2.45, 2.75) is 37.0 Å². The minimum atomic E-state index is -1.02. The number of fused-ring (bicyclic) bond motifs is 1. The number of benzene rings is 1. The molecule has 1 aromatic rings. The third kappa shape index (κ3) is 3.66. The van der Waals surface area contributed by atoms with Crippen molar-refractivity contribution in [3.63, 3.8) is 0 Å². The summed E-state index contributed by atoms with van der Waals surface area (Å²) >= 11 is 10.4. The molecule has 2 heterocycles. The van der Waals surface area contributed by atoms with E-state index in [0.29, 0.717) is 0 Å². The summed E-state index contributed by atoms with van der Waals surface area (Å²) in [7, 11) is 1.45. The molecule has 0 saturated carbocycles. The van der Waals surface area contributed by atoms with Crippen LogP contribution in [0.3, 0.4) is 0 Å². The molecule has 3 rings (SSSR count). The van der Waals surface area contributed by atoms with Crippen LogP contribution in [0.25, 0.3) is 0 Å². The molecule has 8 heteroatoms. The topological polar surface area (TPSA) is 66.4 Å². The Kier molecular flexibility index (Phi) is 5.48. The van der Waals surface area contributed by atoms with E-state index in [9.17, 15) is 5.11 Å². The molecule has 0 unspecified atom stereocenters. The summed E-state index contributed by atoms with van der Waals surface area (Å²) in [6, 6.07) is 9.46. The molecule has 2 aliphatic heterocycles. The minimum absolute atomic E-state index is 0.218. The summed E-state index contributed by atoms with van der Waals surface area (Å²) in [5.41, 5.74) is 0.859. The van der Waals surface area contributed by atoms with Gasteiger partial charge in [-0.25, -0.2) is 0 Å². The van der Waals surface area contributed by atoms with Gasteiger partial charge in [-0.05, 0) is 23.8 Å². The second-order valence-electron chi connectivity index (χ2n) is 5.27. The largest absolute Gasteiger partial charge is 0.463 e. The van der Waals surface area contributed by atoms with Gasteiger partial charge in [-0.3, -0.25) is 0 Å². The van der Waals surface area contributed by atoms with E-state index >= 15 is 0 Å². The third-order valence-electron chi connectivity index (χ3n) is 3.84. The maximum Gasteiger partial charge on any atom is 0.255 e. The van der Waals surface area contributed by atoms with Crippen LogP contribution in [0.5, 0.6) is 0 Å². The maximum absolute atomic E-state index is 10.6. The number of aliphatic hydroxyl groups is 1. The number of halogens is 1. The van der Waals surface area contributed by atoms with E-state index < -0.39 is 37.0 Å². The quantitative estimate of drug-likeness (QED) is 0.650. The molecule has 0 aliphatic carbocycles. The zero-order chi connectivity index (χ0) is 16.4. The van der Waals surface area contributed by atoms with Crippen LogP contribution in [0.15, 0.2) is 30.3 Å². The van der Waals surface area contributed by atoms with Crippen LogP contribution in [-0.2, 0) is 23.7 Å². The summed E-state index contributed by atoms with van der Waals surface area (Å²) < 4.78 is 27.5. The fourth-order valence-corrected chi connectivity index (χ4v) is 2.98. The van der Waals surface area contributed by atoms with Crippen molar-refractivity contribution in [3.05, 3.63) is 35.9 Å². The molecule has 1 aromatic carbocycles. The second-order valence-corrected chi connectivity index (χ2v) is 6.20. The number of hydrogen-bond donors (Lipinski definition) is 1. The van der Waals surface area contributed by atoms with Crippen LogP contribution in [0.2, 0.25) is 0 Å². The highest BCUT2D eigenvalue weighted by atomic mass is 35.5. The van der Waals surface area contributed by atoms with E-state index in [1.807, 2.05) is 30.3 Å². The number of ether oxygens (including phenoxy) is 5. The fourth-order valence-electron chi connectivity index (χ4n) is 2.77. The number of thiocarbonyl (C=S) groups is 1. The van der Waals surface area contributed by atoms with Crippen molar-refractivity contribution in [1.82, 2.24) is 0 Å². The van der Waals surface area contributed by atoms with Gasteiger partial charge >= 0.3 is 0 Å². The van der Waals surface area contributed by atoms with Gasteiger partial charge in [0.1, 0.15) is 18.3 Å². The van der Waals surface area contributed by atoms with E-state index in [-0.39, 0.29) is 11.1 Å². The second kappa shape index (κ2) is 7.40. The third-order valence-corrected chi connectivity index (χ3v) is 4.03. The van der Waals surface area contributed by atoms with E-state index in [0.717, 1.165) is 5.56 Å². The molecule has 126 valence electrons. The number of rotatable bonds is 3. The molecule has 0 radical (unpaired) electrons. The molecule has 2 fully saturated rings. The molecule has 23 heavy (non-hydrogen) atoms. The smallest absolute Gasteiger partial charge is 0.255 e. The highest BCUT2D eigenvalue weighted by Gasteiger charge is 2.51. The standard InChI is InChI=1S/C15H17ClO6S/c1-18-14-12(22-15(16)23)10(17)11-9(20-14)7-19-13(21-11)8-5-3-2-4-6-8/h2-6,9-14,17H,7H2,1H3/t9-,10+,11-,12-,13-,14+/m1/s1. The van der Waals surface area contributed by atoms with Crippen LogP contribution in [-0.4, -0.2) is 54.0 Å². The van der Waals surface area contributed by atoms with Crippen molar-refractivity contribution in [3.8, 4) is 0 Å². The van der Waals surface area contributed by atoms with E-state index in [1.165, 1.54) is 7.11 Å². The summed E-state index contributed by atoms with van der Waals surface area (Å²) in [5.74, 6) is 0. The maximum atomic E-state index is 10.6. The molecule has 0 bridgehead atoms. The van der Waals surface area contributed by atoms with Crippen molar-refractivity contribution >= 4 is 28.3 Å². The molecule has 0 aromatic heterocycles. The van der Waals surface area contributed by atoms with Crippen LogP contribution in [0.1, 0.15) is 11.9 Å². The van der Waals surface area contributed by atoms with Gasteiger partial charge in [-0.1, -0.05) is 30.3 Å². The van der Waals surface area contributed by atoms with Crippen molar-refractivity contribution in [2.75, 3.05) is 13.7 Å². The lowest BCUT2D eigenvalue weighted by molar-refractivity contribution is -0.355. The molecule has 6 nitrogen and oxygen atoms in total. The Hall–Kier alpha value is -0.800. The van der Waals surface area contributed by atoms with Gasteiger partial charge in [-0.15, -0.1) is 0 Å². The Bertz CT molecular complexity index is 544. The van der Waals surface area contributed by atoms with Gasteiger partial charge in [0.25, 0.3) is 4.51 Å². The van der Waals surface area contributed by atoms with Crippen LogP contribution >= 0.6 is 23.8 Å². The number of methoxy groups -OCH3 is 1. The zero-order valence-electron chi connectivity index (χ0n) is 12.3. The van der Waals surface area contributed by atoms with Gasteiger partial charge in [0.05, 0.1) is 6.61 Å². The summed E-state index contributed by atoms with van der Waals surface area (Å²) in [6.07, 6.45) is -4.41. The van der Waals surface area contributed by atoms with Crippen molar-refractivity contribution in [2.24, 2.45) is 0 Å². The Labute approximate surface area is 144 Å². The van der Waals surface area contributed by atoms with Gasteiger partial charge in [0.15, 0.2) is 18.7 Å². The first-order valence-electron chi connectivity index (χ1n) is 7.14. The van der Waals surface area contributed by atoms with Crippen LogP contribution < -0.4 is 0 Å². The zero-order valence-corrected chi connectivity index (χ0v) is 13.9. The lowest BCUT2D eigenvalue weighted by Gasteiger charge is -2.46. The Morgan fingerprint density at radius 1 is 1.30 bits per heavy atom. The number of hydrogen-bond acceptors (Lipinski definition) is 7. The Morgan fingerprint density at radius 2 is 2.04 bits per heavy atom. The molecule has 0 amide bonds. The van der Waals surface area contributed by atoms with Gasteiger partial charge in [-0.2, -0.15) is 0 Å². The highest BCUT2D eigenvalue weighted by molar-refractivity contribution is 7.82. The van der Waals surface area contributed by atoms with Gasteiger partial charge in [0.2, 0.25) is 0 Å². The molecule has 6 atom stereocenters. The first-order valence-corrected chi connectivity index (χ1v) is 7.93. The molecular formula is C15H17ClO6S. The van der Waals surface area contributed by atoms with Crippen LogP contribution in [0.4, 0.5) is 0 Å². The minimum Gasteiger partial charge on any atom is -0.463 e. The van der Waals surface area contributed by atoms with Crippen molar-refractivity contribution in [1.29, 1.82) is 0 Å². The first kappa shape index (κ1) is 17.0. The Balaban J connectivity index is 1.76. The lowest BCUT2D eigenvalue weighted by atomic mass is 9.97. The fraction of sp³-hybridized carbons (Fsp3) is 0.533. The van der Waals surface area contributed by atoms with E-state index in [2.05, 4.69) is 0 Å². The predicted molar refractivity (Wildman–Crippen MR) is 85.0 cm³/mol.